The number of nitrogens with zero attached hydrogens (tertiary/aromatic N) is 1. The molecule has 1 heterocycles. The molecule has 0 fully saturated rings. The second-order valence-electron chi connectivity index (χ2n) is 5.75. The van der Waals surface area contributed by atoms with E-state index >= 15 is 0 Å². The van der Waals surface area contributed by atoms with E-state index in [1.54, 1.807) is 11.3 Å². The van der Waals surface area contributed by atoms with Gasteiger partial charge < -0.3 is 5.32 Å². The summed E-state index contributed by atoms with van der Waals surface area (Å²) in [5.74, 6) is 0.504. The quantitative estimate of drug-likeness (QED) is 0.897. The zero-order valence-electron chi connectivity index (χ0n) is 11.3. The van der Waals surface area contributed by atoms with Gasteiger partial charge in [0.2, 0.25) is 5.91 Å². The molecule has 1 rings (SSSR count). The normalized spacial score (nSPS) is 11.9. The fraction of sp³-hybridized carbons (Fsp3) is 0.692. The van der Waals surface area contributed by atoms with Gasteiger partial charge in [-0.25, -0.2) is 4.98 Å². The van der Waals surface area contributed by atoms with Crippen molar-refractivity contribution in [2.24, 2.45) is 5.92 Å². The number of thiazole rings is 1. The van der Waals surface area contributed by atoms with Crippen LogP contribution in [0, 0.1) is 5.92 Å². The lowest BCUT2D eigenvalue weighted by molar-refractivity contribution is -0.121. The van der Waals surface area contributed by atoms with Crippen molar-refractivity contribution in [1.29, 1.82) is 0 Å². The summed E-state index contributed by atoms with van der Waals surface area (Å²) in [5.41, 5.74) is 1.17. The molecule has 0 saturated heterocycles. The van der Waals surface area contributed by atoms with E-state index in [0.717, 1.165) is 10.7 Å². The summed E-state index contributed by atoms with van der Waals surface area (Å²) in [6.45, 7) is 11.1. The van der Waals surface area contributed by atoms with Gasteiger partial charge in [-0.15, -0.1) is 11.3 Å². The standard InChI is InChI=1S/C13H22N2OS/c1-9(2)6-11(16)14-7-12-15-10(8-17-12)13(3,4)5/h8-9H,6-7H2,1-5H3,(H,14,16). The molecule has 4 heteroatoms. The number of aromatic nitrogens is 1. The molecule has 3 nitrogen and oxygen atoms in total. The maximum atomic E-state index is 11.5. The molecule has 0 aromatic carbocycles. The largest absolute Gasteiger partial charge is 0.350 e. The van der Waals surface area contributed by atoms with E-state index < -0.39 is 0 Å². The second kappa shape index (κ2) is 5.63. The Bertz CT molecular complexity index is 377. The van der Waals surface area contributed by atoms with Crippen LogP contribution in [0.25, 0.3) is 0 Å². The summed E-state index contributed by atoms with van der Waals surface area (Å²) in [7, 11) is 0. The summed E-state index contributed by atoms with van der Waals surface area (Å²) in [5, 5.41) is 5.96. The first kappa shape index (κ1) is 14.2. The highest BCUT2D eigenvalue weighted by atomic mass is 32.1. The van der Waals surface area contributed by atoms with Crippen molar-refractivity contribution < 1.29 is 4.79 Å². The predicted octanol–water partition coefficient (Wildman–Crippen LogP) is 3.10. The van der Waals surface area contributed by atoms with Crippen molar-refractivity contribution in [3.63, 3.8) is 0 Å². The number of carbonyl (C=O) groups is 1. The molecule has 0 unspecified atom stereocenters. The Hall–Kier alpha value is -0.900. The van der Waals surface area contributed by atoms with E-state index in [0.29, 0.717) is 18.9 Å². The molecule has 0 atom stereocenters. The average molecular weight is 254 g/mol. The fourth-order valence-corrected chi connectivity index (χ4v) is 2.31. The van der Waals surface area contributed by atoms with E-state index in [4.69, 9.17) is 0 Å². The lowest BCUT2D eigenvalue weighted by Gasteiger charge is -2.14. The molecule has 1 aromatic heterocycles. The van der Waals surface area contributed by atoms with Crippen LogP contribution in [0.3, 0.4) is 0 Å². The first-order chi connectivity index (χ1) is 7.79. The van der Waals surface area contributed by atoms with Crippen molar-refractivity contribution in [1.82, 2.24) is 10.3 Å². The molecule has 0 saturated carbocycles. The maximum absolute atomic E-state index is 11.5. The highest BCUT2D eigenvalue weighted by Gasteiger charge is 2.17. The Morgan fingerprint density at radius 3 is 2.59 bits per heavy atom. The van der Waals surface area contributed by atoms with Crippen LogP contribution in [0.4, 0.5) is 0 Å². The summed E-state index contributed by atoms with van der Waals surface area (Å²) < 4.78 is 0. The van der Waals surface area contributed by atoms with Crippen LogP contribution in [0.15, 0.2) is 5.38 Å². The van der Waals surface area contributed by atoms with E-state index in [-0.39, 0.29) is 11.3 Å². The first-order valence-corrected chi connectivity index (χ1v) is 6.88. The van der Waals surface area contributed by atoms with Gasteiger partial charge in [-0.2, -0.15) is 0 Å². The molecule has 1 aromatic rings. The first-order valence-electron chi connectivity index (χ1n) is 6.00. The summed E-state index contributed by atoms with van der Waals surface area (Å²) in [6, 6.07) is 0. The molecule has 0 aliphatic rings. The van der Waals surface area contributed by atoms with Crippen LogP contribution in [0.5, 0.6) is 0 Å². The van der Waals surface area contributed by atoms with Crippen molar-refractivity contribution >= 4 is 17.2 Å². The molecular formula is C13H22N2OS. The van der Waals surface area contributed by atoms with Gasteiger partial charge in [-0.1, -0.05) is 34.6 Å². The number of hydrogen-bond donors (Lipinski definition) is 1. The summed E-state index contributed by atoms with van der Waals surface area (Å²) in [6.07, 6.45) is 0.581. The number of nitrogens with one attached hydrogen (secondary N) is 1. The van der Waals surface area contributed by atoms with E-state index in [2.05, 4.69) is 36.5 Å². The SMILES string of the molecule is CC(C)CC(=O)NCc1nc(C(C)(C)C)cs1. The van der Waals surface area contributed by atoms with Crippen LogP contribution in [0.1, 0.15) is 51.7 Å². The highest BCUT2D eigenvalue weighted by molar-refractivity contribution is 7.09. The van der Waals surface area contributed by atoms with Gasteiger partial charge >= 0.3 is 0 Å². The molecule has 0 bridgehead atoms. The van der Waals surface area contributed by atoms with Gasteiger partial charge in [0.05, 0.1) is 12.2 Å². The molecule has 17 heavy (non-hydrogen) atoms. The molecule has 0 spiro atoms. The third-order valence-corrected chi connectivity index (χ3v) is 3.20. The Morgan fingerprint density at radius 2 is 2.12 bits per heavy atom. The van der Waals surface area contributed by atoms with Crippen molar-refractivity contribution in [2.75, 3.05) is 0 Å². The maximum Gasteiger partial charge on any atom is 0.220 e. The van der Waals surface area contributed by atoms with Crippen LogP contribution < -0.4 is 5.32 Å². The van der Waals surface area contributed by atoms with Crippen LogP contribution in [-0.4, -0.2) is 10.9 Å². The minimum atomic E-state index is 0.0801. The van der Waals surface area contributed by atoms with E-state index in [1.165, 1.54) is 0 Å². The lowest BCUT2D eigenvalue weighted by atomic mass is 9.93. The Labute approximate surface area is 108 Å². The van der Waals surface area contributed by atoms with Gasteiger partial charge in [0.15, 0.2) is 0 Å². The topological polar surface area (TPSA) is 42.0 Å². The molecule has 0 aliphatic heterocycles. The molecule has 0 radical (unpaired) electrons. The van der Waals surface area contributed by atoms with Gasteiger partial charge in [-0.3, -0.25) is 4.79 Å². The number of rotatable bonds is 4. The second-order valence-corrected chi connectivity index (χ2v) is 6.69. The van der Waals surface area contributed by atoms with Crippen molar-refractivity contribution in [3.05, 3.63) is 16.1 Å². The third kappa shape index (κ3) is 4.86. The van der Waals surface area contributed by atoms with Gasteiger partial charge in [-0.05, 0) is 5.92 Å². The van der Waals surface area contributed by atoms with Crippen LogP contribution >= 0.6 is 11.3 Å². The van der Waals surface area contributed by atoms with Gasteiger partial charge in [0.25, 0.3) is 0 Å². The number of hydrogen-bond acceptors (Lipinski definition) is 3. The zero-order valence-corrected chi connectivity index (χ0v) is 12.1. The smallest absolute Gasteiger partial charge is 0.220 e. The zero-order chi connectivity index (χ0) is 13.1. The monoisotopic (exact) mass is 254 g/mol. The predicted molar refractivity (Wildman–Crippen MR) is 72.1 cm³/mol. The third-order valence-electron chi connectivity index (χ3n) is 2.35. The number of amides is 1. The molecular weight excluding hydrogens is 232 g/mol. The van der Waals surface area contributed by atoms with E-state index in [1.807, 2.05) is 13.8 Å². The Kier molecular flexibility index (Phi) is 4.69. The molecule has 1 amide bonds. The molecule has 1 N–H and O–H groups in total. The molecule has 96 valence electrons. The van der Waals surface area contributed by atoms with Gasteiger partial charge in [0, 0.05) is 17.2 Å². The Morgan fingerprint density at radius 1 is 1.47 bits per heavy atom. The number of carbonyl (C=O) groups excluding carboxylic acids is 1. The summed E-state index contributed by atoms with van der Waals surface area (Å²) >= 11 is 1.61. The van der Waals surface area contributed by atoms with Crippen LogP contribution in [0.2, 0.25) is 0 Å². The van der Waals surface area contributed by atoms with Crippen LogP contribution in [-0.2, 0) is 16.8 Å². The lowest BCUT2D eigenvalue weighted by Crippen LogP contribution is -2.24. The summed E-state index contributed by atoms with van der Waals surface area (Å²) in [4.78, 5) is 16.0. The molecule has 0 aliphatic carbocycles. The minimum absolute atomic E-state index is 0.0801. The fourth-order valence-electron chi connectivity index (χ4n) is 1.35. The Balaban J connectivity index is 2.48. The van der Waals surface area contributed by atoms with E-state index in [9.17, 15) is 4.79 Å². The average Bonchev–Trinajstić information content (AvgIpc) is 2.61. The van der Waals surface area contributed by atoms with Crippen molar-refractivity contribution in [3.8, 4) is 0 Å². The highest BCUT2D eigenvalue weighted by Crippen LogP contribution is 2.23. The minimum Gasteiger partial charge on any atom is -0.350 e. The van der Waals surface area contributed by atoms with Crippen molar-refractivity contribution in [2.45, 2.75) is 53.0 Å². The van der Waals surface area contributed by atoms with Gasteiger partial charge in [0.1, 0.15) is 5.01 Å².